The molecule has 3 aliphatic rings. The third-order valence-corrected chi connectivity index (χ3v) is 5.68. The zero-order chi connectivity index (χ0) is 18.0. The van der Waals surface area contributed by atoms with E-state index in [0.717, 1.165) is 10.8 Å². The van der Waals surface area contributed by atoms with Crippen molar-refractivity contribution >= 4 is 34.5 Å². The van der Waals surface area contributed by atoms with Crippen LogP contribution in [0.2, 0.25) is 0 Å². The molecule has 26 heavy (non-hydrogen) atoms. The molecule has 5 rings (SSSR count). The maximum absolute atomic E-state index is 13.2. The molecule has 7 heteroatoms. The zero-order valence-corrected chi connectivity index (χ0v) is 14.2. The van der Waals surface area contributed by atoms with Crippen molar-refractivity contribution in [2.45, 2.75) is 24.5 Å². The first-order valence-electron chi connectivity index (χ1n) is 8.60. The van der Waals surface area contributed by atoms with Crippen molar-refractivity contribution < 1.29 is 19.1 Å². The smallest absolute Gasteiger partial charge is 0.409 e. The highest BCUT2D eigenvalue weighted by Crippen LogP contribution is 2.43. The van der Waals surface area contributed by atoms with E-state index in [4.69, 9.17) is 4.74 Å². The number of carbonyl (C=O) groups excluding carboxylic acids is 3. The molecule has 2 bridgehead atoms. The van der Waals surface area contributed by atoms with Gasteiger partial charge in [0.05, 0.1) is 24.9 Å². The summed E-state index contributed by atoms with van der Waals surface area (Å²) < 4.78 is 4.83. The fourth-order valence-electron chi connectivity index (χ4n) is 4.61. The molecule has 3 heterocycles. The van der Waals surface area contributed by atoms with Gasteiger partial charge in [-0.1, -0.05) is 36.4 Å². The molecule has 0 aromatic heterocycles. The fourth-order valence-corrected chi connectivity index (χ4v) is 4.61. The van der Waals surface area contributed by atoms with Gasteiger partial charge in [0, 0.05) is 11.9 Å². The van der Waals surface area contributed by atoms with E-state index in [0.29, 0.717) is 18.7 Å². The molecule has 4 amide bonds. The Morgan fingerprint density at radius 3 is 2.69 bits per heavy atom. The van der Waals surface area contributed by atoms with Crippen LogP contribution < -0.4 is 4.90 Å². The normalized spacial score (nSPS) is 26.8. The predicted octanol–water partition coefficient (Wildman–Crippen LogP) is 2.20. The molecule has 3 aliphatic heterocycles. The van der Waals surface area contributed by atoms with Crippen LogP contribution in [0.5, 0.6) is 0 Å². The van der Waals surface area contributed by atoms with E-state index >= 15 is 0 Å². The van der Waals surface area contributed by atoms with Crippen molar-refractivity contribution in [1.82, 2.24) is 9.80 Å². The monoisotopic (exact) mass is 351 g/mol. The highest BCUT2D eigenvalue weighted by atomic mass is 16.5. The fraction of sp³-hybridized carbons (Fsp3) is 0.316. The van der Waals surface area contributed by atoms with Crippen LogP contribution in [0.3, 0.4) is 0 Å². The standard InChI is InChI=1S/C19H17N3O4/c1-26-19(25)20-10-12-9-15(20)16-17(23)22(18(24)21(12)16)14-8-4-6-11-5-2-3-7-13(11)14/h2-8,12,15-16H,9-10H2,1H3/t12-,15?,16?/m1/s1. The summed E-state index contributed by atoms with van der Waals surface area (Å²) in [6.45, 7) is 0.413. The largest absolute Gasteiger partial charge is 0.453 e. The maximum atomic E-state index is 13.2. The number of likely N-dealkylation sites (tertiary alicyclic amines) is 1. The Morgan fingerprint density at radius 2 is 1.88 bits per heavy atom. The van der Waals surface area contributed by atoms with E-state index in [-0.39, 0.29) is 24.0 Å². The van der Waals surface area contributed by atoms with Gasteiger partial charge in [-0.05, 0) is 17.9 Å². The lowest BCUT2D eigenvalue weighted by molar-refractivity contribution is -0.121. The van der Waals surface area contributed by atoms with E-state index in [9.17, 15) is 14.4 Å². The van der Waals surface area contributed by atoms with Gasteiger partial charge in [0.1, 0.15) is 6.04 Å². The van der Waals surface area contributed by atoms with E-state index in [1.807, 2.05) is 36.4 Å². The summed E-state index contributed by atoms with van der Waals surface area (Å²) in [4.78, 5) is 42.7. The van der Waals surface area contributed by atoms with Gasteiger partial charge >= 0.3 is 12.1 Å². The minimum atomic E-state index is -0.626. The number of hydrogen-bond acceptors (Lipinski definition) is 4. The number of urea groups is 1. The number of benzene rings is 2. The van der Waals surface area contributed by atoms with Gasteiger partial charge < -0.3 is 14.5 Å². The zero-order valence-electron chi connectivity index (χ0n) is 14.2. The van der Waals surface area contributed by atoms with Crippen LogP contribution in [-0.2, 0) is 9.53 Å². The number of carbonyl (C=O) groups is 3. The van der Waals surface area contributed by atoms with Gasteiger partial charge in [0.15, 0.2) is 0 Å². The van der Waals surface area contributed by atoms with Crippen LogP contribution in [0.1, 0.15) is 6.42 Å². The van der Waals surface area contributed by atoms with Crippen molar-refractivity contribution in [3.05, 3.63) is 42.5 Å². The number of imide groups is 1. The second-order valence-electron chi connectivity index (χ2n) is 6.89. The van der Waals surface area contributed by atoms with Gasteiger partial charge in [-0.3, -0.25) is 4.79 Å². The molecule has 7 nitrogen and oxygen atoms in total. The topological polar surface area (TPSA) is 70.2 Å². The Hall–Kier alpha value is -3.09. The summed E-state index contributed by atoms with van der Waals surface area (Å²) in [5, 5.41) is 1.83. The summed E-state index contributed by atoms with van der Waals surface area (Å²) in [6, 6.07) is 11.9. The Balaban J connectivity index is 1.57. The molecule has 3 atom stereocenters. The molecule has 3 fully saturated rings. The van der Waals surface area contributed by atoms with E-state index < -0.39 is 12.1 Å². The van der Waals surface area contributed by atoms with Crippen LogP contribution in [0, 0.1) is 0 Å². The Labute approximate surface area is 149 Å². The first kappa shape index (κ1) is 15.2. The number of nitrogens with zero attached hydrogens (tertiary/aromatic N) is 3. The first-order chi connectivity index (χ1) is 12.6. The highest BCUT2D eigenvalue weighted by Gasteiger charge is 2.63. The molecule has 0 aliphatic carbocycles. The van der Waals surface area contributed by atoms with Crippen LogP contribution in [0.4, 0.5) is 15.3 Å². The molecule has 2 aromatic carbocycles. The van der Waals surface area contributed by atoms with Crippen molar-refractivity contribution in [1.29, 1.82) is 0 Å². The molecular formula is C19H17N3O4. The Morgan fingerprint density at radius 1 is 1.12 bits per heavy atom. The highest BCUT2D eigenvalue weighted by molar-refractivity contribution is 6.25. The van der Waals surface area contributed by atoms with Crippen LogP contribution in [-0.4, -0.2) is 59.6 Å². The second kappa shape index (κ2) is 5.20. The molecule has 0 N–H and O–H groups in total. The predicted molar refractivity (Wildman–Crippen MR) is 93.8 cm³/mol. The number of ether oxygens (including phenoxy) is 1. The lowest BCUT2D eigenvalue weighted by atomic mass is 10.1. The number of anilines is 1. The molecule has 2 unspecified atom stereocenters. The molecule has 3 saturated heterocycles. The molecule has 0 spiro atoms. The average Bonchev–Trinajstić information content (AvgIpc) is 3.32. The van der Waals surface area contributed by atoms with E-state index in [2.05, 4.69) is 0 Å². The summed E-state index contributed by atoms with van der Waals surface area (Å²) in [6.07, 6.45) is 0.182. The van der Waals surface area contributed by atoms with Crippen LogP contribution in [0.25, 0.3) is 10.8 Å². The summed E-state index contributed by atoms with van der Waals surface area (Å²) in [7, 11) is 1.33. The Bertz CT molecular complexity index is 953. The molecular weight excluding hydrogens is 334 g/mol. The summed E-state index contributed by atoms with van der Waals surface area (Å²) in [5.74, 6) is -0.271. The number of fused-ring (bicyclic) bond motifs is 6. The van der Waals surface area contributed by atoms with Gasteiger partial charge in [-0.25, -0.2) is 14.5 Å². The number of rotatable bonds is 1. The van der Waals surface area contributed by atoms with Crippen molar-refractivity contribution in [3.8, 4) is 0 Å². The third-order valence-electron chi connectivity index (χ3n) is 5.68. The summed E-state index contributed by atoms with van der Waals surface area (Å²) >= 11 is 0. The van der Waals surface area contributed by atoms with Gasteiger partial charge in [-0.15, -0.1) is 0 Å². The molecule has 0 radical (unpaired) electrons. The number of hydrogen-bond donors (Lipinski definition) is 0. The van der Waals surface area contributed by atoms with Crippen LogP contribution >= 0.6 is 0 Å². The van der Waals surface area contributed by atoms with Crippen molar-refractivity contribution in [2.24, 2.45) is 0 Å². The number of methoxy groups -OCH3 is 1. The molecule has 132 valence electrons. The minimum absolute atomic E-state index is 0.138. The minimum Gasteiger partial charge on any atom is -0.453 e. The second-order valence-corrected chi connectivity index (χ2v) is 6.89. The quantitative estimate of drug-likeness (QED) is 0.739. The van der Waals surface area contributed by atoms with Crippen LogP contribution in [0.15, 0.2) is 42.5 Å². The Kier molecular flexibility index (Phi) is 3.04. The molecule has 0 saturated carbocycles. The third kappa shape index (κ3) is 1.80. The maximum Gasteiger partial charge on any atom is 0.409 e. The SMILES string of the molecule is COC(=O)N1C[C@H]2CC1C1C(=O)N(c3cccc4ccccc34)C(=O)N12. The van der Waals surface area contributed by atoms with Crippen molar-refractivity contribution in [3.63, 3.8) is 0 Å². The lowest BCUT2D eigenvalue weighted by Gasteiger charge is -2.33. The lowest BCUT2D eigenvalue weighted by Crippen LogP contribution is -2.54. The van der Waals surface area contributed by atoms with Gasteiger partial charge in [-0.2, -0.15) is 0 Å². The molecule has 2 aromatic rings. The van der Waals surface area contributed by atoms with E-state index in [1.165, 1.54) is 12.0 Å². The van der Waals surface area contributed by atoms with E-state index in [1.54, 1.807) is 15.9 Å². The average molecular weight is 351 g/mol. The van der Waals surface area contributed by atoms with Gasteiger partial charge in [0.25, 0.3) is 5.91 Å². The number of piperazine rings is 1. The first-order valence-corrected chi connectivity index (χ1v) is 8.60. The van der Waals surface area contributed by atoms with Crippen molar-refractivity contribution in [2.75, 3.05) is 18.6 Å². The summed E-state index contributed by atoms with van der Waals surface area (Å²) in [5.41, 5.74) is 0.594. The van der Waals surface area contributed by atoms with Gasteiger partial charge in [0.2, 0.25) is 0 Å². The number of amides is 4.